The Balaban J connectivity index is 1.92. The van der Waals surface area contributed by atoms with Gasteiger partial charge in [0.25, 0.3) is 0 Å². The lowest BCUT2D eigenvalue weighted by Crippen LogP contribution is -2.21. The Kier molecular flexibility index (Phi) is 5.66. The highest BCUT2D eigenvalue weighted by molar-refractivity contribution is 5.88. The monoisotopic (exact) mass is 386 g/mol. The van der Waals surface area contributed by atoms with Crippen LogP contribution in [-0.4, -0.2) is 11.1 Å². The predicted octanol–water partition coefficient (Wildman–Crippen LogP) is 7.22. The van der Waals surface area contributed by atoms with E-state index in [4.69, 9.17) is 5.11 Å². The summed E-state index contributed by atoms with van der Waals surface area (Å²) in [5, 5.41) is 9.03. The van der Waals surface area contributed by atoms with Crippen molar-refractivity contribution in [1.29, 1.82) is 0 Å². The van der Waals surface area contributed by atoms with E-state index < -0.39 is 5.97 Å². The van der Waals surface area contributed by atoms with Gasteiger partial charge in [0.1, 0.15) is 0 Å². The van der Waals surface area contributed by atoms with E-state index in [1.54, 1.807) is 12.1 Å². The maximum Gasteiger partial charge on any atom is 0.335 e. The molecule has 1 N–H and O–H groups in total. The molecule has 1 aliphatic rings. The number of allylic oxidation sites excluding steroid dienone is 4. The van der Waals surface area contributed by atoms with E-state index in [1.165, 1.54) is 16.7 Å². The lowest BCUT2D eigenvalue weighted by molar-refractivity contribution is 0.0697. The first-order chi connectivity index (χ1) is 13.5. The fourth-order valence-corrected chi connectivity index (χ4v) is 3.51. The van der Waals surface area contributed by atoms with Gasteiger partial charge >= 0.3 is 5.97 Å². The molecule has 150 valence electrons. The quantitative estimate of drug-likeness (QED) is 0.563. The number of aromatic carboxylic acids is 1. The van der Waals surface area contributed by atoms with Gasteiger partial charge in [0, 0.05) is 0 Å². The van der Waals surface area contributed by atoms with Crippen molar-refractivity contribution in [1.82, 2.24) is 0 Å². The third-order valence-electron chi connectivity index (χ3n) is 5.30. The van der Waals surface area contributed by atoms with Gasteiger partial charge in [-0.3, -0.25) is 0 Å². The first kappa shape index (κ1) is 20.9. The fourth-order valence-electron chi connectivity index (χ4n) is 3.51. The summed E-state index contributed by atoms with van der Waals surface area (Å²) in [5.74, 6) is -0.902. The SMILES string of the molecule is CC(C)(C)C=CC1=CCC(C)(C)c2ccc(C=Cc3ccc(C(=O)O)cc3)cc21. The largest absolute Gasteiger partial charge is 0.478 e. The average molecular weight is 387 g/mol. The molecule has 1 aliphatic carbocycles. The van der Waals surface area contributed by atoms with Gasteiger partial charge < -0.3 is 5.11 Å². The summed E-state index contributed by atoms with van der Waals surface area (Å²) in [6, 6.07) is 13.6. The van der Waals surface area contributed by atoms with Gasteiger partial charge in [-0.15, -0.1) is 0 Å². The third-order valence-corrected chi connectivity index (χ3v) is 5.30. The molecule has 0 spiro atoms. The van der Waals surface area contributed by atoms with Crippen molar-refractivity contribution in [2.24, 2.45) is 5.41 Å². The van der Waals surface area contributed by atoms with Gasteiger partial charge in [-0.1, -0.05) is 89.3 Å². The first-order valence-electron chi connectivity index (χ1n) is 10.1. The van der Waals surface area contributed by atoms with Crippen LogP contribution >= 0.6 is 0 Å². The molecule has 2 nitrogen and oxygen atoms in total. The molecule has 2 heteroatoms. The van der Waals surface area contributed by atoms with Crippen molar-refractivity contribution in [2.75, 3.05) is 0 Å². The normalized spacial score (nSPS) is 16.1. The van der Waals surface area contributed by atoms with Crippen LogP contribution < -0.4 is 0 Å². The topological polar surface area (TPSA) is 37.3 Å². The summed E-state index contributed by atoms with van der Waals surface area (Å²) in [7, 11) is 0. The summed E-state index contributed by atoms with van der Waals surface area (Å²) in [6.07, 6.45) is 12.0. The van der Waals surface area contributed by atoms with Gasteiger partial charge in [0.05, 0.1) is 5.56 Å². The van der Waals surface area contributed by atoms with Crippen LogP contribution in [0.5, 0.6) is 0 Å². The Labute approximate surface area is 174 Å². The molecule has 0 aromatic heterocycles. The molecule has 0 unspecified atom stereocenters. The molecular formula is C27H30O2. The number of fused-ring (bicyclic) bond motifs is 1. The smallest absolute Gasteiger partial charge is 0.335 e. The number of carbonyl (C=O) groups is 1. The molecule has 29 heavy (non-hydrogen) atoms. The van der Waals surface area contributed by atoms with Crippen LogP contribution in [0.1, 0.15) is 73.7 Å². The Hall–Kier alpha value is -2.87. The number of carboxylic acid groups (broad SMARTS) is 1. The Morgan fingerprint density at radius 3 is 2.21 bits per heavy atom. The second kappa shape index (κ2) is 7.87. The van der Waals surface area contributed by atoms with Crippen LogP contribution in [-0.2, 0) is 5.41 Å². The van der Waals surface area contributed by atoms with Crippen LogP contribution in [0.2, 0.25) is 0 Å². The molecule has 0 saturated heterocycles. The van der Waals surface area contributed by atoms with Gasteiger partial charge in [0.2, 0.25) is 0 Å². The van der Waals surface area contributed by atoms with Crippen LogP contribution in [0.15, 0.2) is 60.7 Å². The first-order valence-corrected chi connectivity index (χ1v) is 10.1. The molecule has 0 atom stereocenters. The van der Waals surface area contributed by atoms with E-state index in [1.807, 2.05) is 18.2 Å². The molecule has 3 rings (SSSR count). The van der Waals surface area contributed by atoms with E-state index >= 15 is 0 Å². The van der Waals surface area contributed by atoms with Crippen LogP contribution in [0, 0.1) is 5.41 Å². The van der Waals surface area contributed by atoms with Gasteiger partial charge in [-0.2, -0.15) is 0 Å². The summed E-state index contributed by atoms with van der Waals surface area (Å²) in [5.41, 5.74) is 6.67. The molecule has 0 aliphatic heterocycles. The maximum atomic E-state index is 11.0. The highest BCUT2D eigenvalue weighted by atomic mass is 16.4. The number of carboxylic acids is 1. The van der Waals surface area contributed by atoms with Gasteiger partial charge in [-0.05, 0) is 63.3 Å². The molecule has 2 aromatic carbocycles. The molecule has 0 amide bonds. The lowest BCUT2D eigenvalue weighted by atomic mass is 9.72. The standard InChI is InChI=1S/C27H30O2/c1-26(2,3)16-14-21-15-17-27(4,5)24-13-10-20(18-23(21)24)7-6-19-8-11-22(12-9-19)25(28)29/h6-16,18H,17H2,1-5H3,(H,28,29). The minimum absolute atomic E-state index is 0.128. The fraction of sp³-hybridized carbons (Fsp3) is 0.296. The molecule has 0 saturated carbocycles. The van der Waals surface area contributed by atoms with Crippen molar-refractivity contribution in [3.05, 3.63) is 88.5 Å². The summed E-state index contributed by atoms with van der Waals surface area (Å²) < 4.78 is 0. The van der Waals surface area contributed by atoms with E-state index in [-0.39, 0.29) is 10.8 Å². The van der Waals surface area contributed by atoms with Crippen LogP contribution in [0.4, 0.5) is 0 Å². The summed E-state index contributed by atoms with van der Waals surface area (Å²) >= 11 is 0. The van der Waals surface area contributed by atoms with E-state index in [2.05, 4.69) is 77.1 Å². The van der Waals surface area contributed by atoms with Crippen molar-refractivity contribution < 1.29 is 9.90 Å². The Bertz CT molecular complexity index is 994. The zero-order chi connectivity index (χ0) is 21.2. The molecule has 2 aromatic rings. The maximum absolute atomic E-state index is 11.0. The highest BCUT2D eigenvalue weighted by Gasteiger charge is 2.27. The number of rotatable bonds is 4. The van der Waals surface area contributed by atoms with E-state index in [0.29, 0.717) is 5.56 Å². The lowest BCUT2D eigenvalue weighted by Gasteiger charge is -2.32. The minimum Gasteiger partial charge on any atom is -0.478 e. The highest BCUT2D eigenvalue weighted by Crippen LogP contribution is 2.40. The molecule has 0 fully saturated rings. The average Bonchev–Trinajstić information content (AvgIpc) is 2.65. The minimum atomic E-state index is -0.902. The molecule has 0 heterocycles. The van der Waals surface area contributed by atoms with Crippen LogP contribution in [0.25, 0.3) is 17.7 Å². The number of hydrogen-bond donors (Lipinski definition) is 1. The number of hydrogen-bond acceptors (Lipinski definition) is 1. The second-order valence-corrected chi connectivity index (χ2v) is 9.51. The Morgan fingerprint density at radius 1 is 0.966 bits per heavy atom. The number of benzene rings is 2. The second-order valence-electron chi connectivity index (χ2n) is 9.51. The zero-order valence-electron chi connectivity index (χ0n) is 18.0. The molecule has 0 bridgehead atoms. The van der Waals surface area contributed by atoms with Gasteiger partial charge in [0.15, 0.2) is 0 Å². The van der Waals surface area contributed by atoms with Crippen molar-refractivity contribution in [3.8, 4) is 0 Å². The summed E-state index contributed by atoms with van der Waals surface area (Å²) in [4.78, 5) is 11.0. The van der Waals surface area contributed by atoms with Gasteiger partial charge in [-0.25, -0.2) is 4.79 Å². The third kappa shape index (κ3) is 5.14. The van der Waals surface area contributed by atoms with Crippen molar-refractivity contribution in [3.63, 3.8) is 0 Å². The van der Waals surface area contributed by atoms with E-state index in [0.717, 1.165) is 17.5 Å². The van der Waals surface area contributed by atoms with Crippen molar-refractivity contribution >= 4 is 23.7 Å². The molecule has 0 radical (unpaired) electrons. The van der Waals surface area contributed by atoms with Crippen molar-refractivity contribution in [2.45, 2.75) is 46.5 Å². The molecular weight excluding hydrogens is 356 g/mol. The predicted molar refractivity (Wildman–Crippen MR) is 123 cm³/mol. The Morgan fingerprint density at radius 2 is 1.59 bits per heavy atom. The summed E-state index contributed by atoms with van der Waals surface area (Å²) in [6.45, 7) is 11.2. The van der Waals surface area contributed by atoms with E-state index in [9.17, 15) is 4.79 Å². The van der Waals surface area contributed by atoms with Crippen LogP contribution in [0.3, 0.4) is 0 Å². The zero-order valence-corrected chi connectivity index (χ0v) is 18.0.